The van der Waals surface area contributed by atoms with Crippen LogP contribution in [0.1, 0.15) is 34.1 Å². The molecule has 0 N–H and O–H groups in total. The number of hydrogen-bond donors (Lipinski definition) is 0. The van der Waals surface area contributed by atoms with Crippen molar-refractivity contribution in [2.24, 2.45) is 0 Å². The molecule has 1 aliphatic heterocycles. The van der Waals surface area contributed by atoms with Gasteiger partial charge >= 0.3 is 11.9 Å². The van der Waals surface area contributed by atoms with E-state index >= 15 is 0 Å². The number of hydrogen-bond acceptors (Lipinski definition) is 6. The van der Waals surface area contributed by atoms with Crippen molar-refractivity contribution in [2.75, 3.05) is 18.1 Å². The van der Waals surface area contributed by atoms with Crippen LogP contribution < -0.4 is 4.90 Å². The van der Waals surface area contributed by atoms with Gasteiger partial charge in [-0.3, -0.25) is 0 Å². The first-order valence-electron chi connectivity index (χ1n) is 7.57. The molecule has 0 atom stereocenters. The Morgan fingerprint density at radius 3 is 2.00 bits per heavy atom. The quantitative estimate of drug-likeness (QED) is 0.769. The highest BCUT2D eigenvalue weighted by molar-refractivity contribution is 7.08. The highest BCUT2D eigenvalue weighted by Crippen LogP contribution is 2.36. The number of allylic oxidation sites excluding steroid dienone is 2. The van der Waals surface area contributed by atoms with Crippen LogP contribution in [0.15, 0.2) is 39.4 Å². The predicted octanol–water partition coefficient (Wildman–Crippen LogP) is 3.63. The van der Waals surface area contributed by atoms with Crippen LogP contribution in [0.5, 0.6) is 0 Å². The van der Waals surface area contributed by atoms with Crippen molar-refractivity contribution in [3.8, 4) is 0 Å². The molecule has 0 unspecified atom stereocenters. The normalized spacial score (nSPS) is 15.0. The van der Waals surface area contributed by atoms with E-state index in [1.807, 2.05) is 35.6 Å². The fourth-order valence-electron chi connectivity index (χ4n) is 2.60. The number of ether oxygens (including phenoxy) is 2. The molecule has 0 aliphatic carbocycles. The second-order valence-electron chi connectivity index (χ2n) is 5.06. The summed E-state index contributed by atoms with van der Waals surface area (Å²) in [6.07, 6.45) is 0.232. The van der Waals surface area contributed by atoms with Crippen molar-refractivity contribution in [1.82, 2.24) is 0 Å². The molecule has 1 aromatic heterocycles. The van der Waals surface area contributed by atoms with Crippen LogP contribution in [0.3, 0.4) is 0 Å². The van der Waals surface area contributed by atoms with Gasteiger partial charge in [-0.15, -0.1) is 0 Å². The Bertz CT molecular complexity index is 618. The van der Waals surface area contributed by atoms with Crippen LogP contribution in [0.4, 0.5) is 5.69 Å². The molecule has 0 fully saturated rings. The zero-order valence-corrected chi connectivity index (χ0v) is 14.7. The monoisotopic (exact) mass is 335 g/mol. The first-order valence-corrected chi connectivity index (χ1v) is 8.51. The maximum Gasteiger partial charge on any atom is 0.336 e. The third kappa shape index (κ3) is 3.47. The number of anilines is 1. The Balaban J connectivity index is 2.50. The number of thiophene rings is 1. The fourth-order valence-corrected chi connectivity index (χ4v) is 3.22. The summed E-state index contributed by atoms with van der Waals surface area (Å²) >= 11 is 1.56. The molecule has 124 valence electrons. The Morgan fingerprint density at radius 1 is 1.09 bits per heavy atom. The van der Waals surface area contributed by atoms with Gasteiger partial charge in [-0.05, 0) is 39.1 Å². The number of carbonyl (C=O) groups excluding carboxylic acids is 2. The van der Waals surface area contributed by atoms with E-state index in [4.69, 9.17) is 9.47 Å². The van der Waals surface area contributed by atoms with E-state index in [0.717, 1.165) is 17.1 Å². The average Bonchev–Trinajstić information content (AvgIpc) is 3.02. The summed E-state index contributed by atoms with van der Waals surface area (Å²) in [6, 6.07) is 1.95. The lowest BCUT2D eigenvalue weighted by atomic mass is 9.96. The summed E-state index contributed by atoms with van der Waals surface area (Å²) in [5, 5.41) is 3.93. The first kappa shape index (κ1) is 17.3. The van der Waals surface area contributed by atoms with Crippen molar-refractivity contribution in [3.05, 3.63) is 39.4 Å². The Hall–Kier alpha value is -2.08. The summed E-state index contributed by atoms with van der Waals surface area (Å²) in [5.41, 5.74) is 3.48. The minimum Gasteiger partial charge on any atom is -0.463 e. The molecule has 2 rings (SSSR count). The van der Waals surface area contributed by atoms with Crippen molar-refractivity contribution in [2.45, 2.75) is 34.1 Å². The third-order valence-electron chi connectivity index (χ3n) is 3.71. The summed E-state index contributed by atoms with van der Waals surface area (Å²) in [4.78, 5) is 26.5. The summed E-state index contributed by atoms with van der Waals surface area (Å²) in [5.74, 6) is -0.779. The van der Waals surface area contributed by atoms with Crippen molar-refractivity contribution < 1.29 is 19.1 Å². The Labute approximate surface area is 140 Å². The van der Waals surface area contributed by atoms with E-state index in [2.05, 4.69) is 0 Å². The molecule has 0 spiro atoms. The summed E-state index contributed by atoms with van der Waals surface area (Å²) in [7, 11) is 0. The van der Waals surface area contributed by atoms with E-state index in [0.29, 0.717) is 24.4 Å². The molecule has 0 saturated heterocycles. The third-order valence-corrected chi connectivity index (χ3v) is 4.38. The van der Waals surface area contributed by atoms with Crippen molar-refractivity contribution >= 4 is 29.0 Å². The van der Waals surface area contributed by atoms with Gasteiger partial charge in [-0.2, -0.15) is 11.3 Å². The molecular formula is C17H21NO4S. The SMILES string of the molecule is CCOC(=O)C1=C(C)N(c2ccsc2)C(C)=C(C(=O)OCC)C1. The molecule has 6 heteroatoms. The van der Waals surface area contributed by atoms with Gasteiger partial charge in [0, 0.05) is 23.2 Å². The molecule has 2 heterocycles. The number of esters is 2. The van der Waals surface area contributed by atoms with E-state index in [9.17, 15) is 9.59 Å². The van der Waals surface area contributed by atoms with Gasteiger partial charge in [0.2, 0.25) is 0 Å². The van der Waals surface area contributed by atoms with E-state index in [-0.39, 0.29) is 18.4 Å². The Kier molecular flexibility index (Phi) is 5.60. The van der Waals surface area contributed by atoms with Gasteiger partial charge in [0.15, 0.2) is 0 Å². The van der Waals surface area contributed by atoms with Crippen LogP contribution >= 0.6 is 11.3 Å². The molecule has 0 saturated carbocycles. The molecule has 23 heavy (non-hydrogen) atoms. The van der Waals surface area contributed by atoms with Gasteiger partial charge in [0.05, 0.1) is 30.0 Å². The highest BCUT2D eigenvalue weighted by Gasteiger charge is 2.31. The summed E-state index contributed by atoms with van der Waals surface area (Å²) < 4.78 is 10.3. The van der Waals surface area contributed by atoms with E-state index in [1.54, 1.807) is 25.2 Å². The Morgan fingerprint density at radius 2 is 1.61 bits per heavy atom. The average molecular weight is 335 g/mol. The second kappa shape index (κ2) is 7.46. The molecule has 1 aromatic rings. The molecular weight excluding hydrogens is 314 g/mol. The van der Waals surface area contributed by atoms with Crippen LogP contribution in [0.2, 0.25) is 0 Å². The largest absolute Gasteiger partial charge is 0.463 e. The molecule has 0 bridgehead atoms. The van der Waals surface area contributed by atoms with Gasteiger partial charge in [0.1, 0.15) is 0 Å². The van der Waals surface area contributed by atoms with E-state index < -0.39 is 0 Å². The van der Waals surface area contributed by atoms with E-state index in [1.165, 1.54) is 0 Å². The lowest BCUT2D eigenvalue weighted by molar-refractivity contribution is -0.139. The number of nitrogens with zero attached hydrogens (tertiary/aromatic N) is 1. The van der Waals surface area contributed by atoms with Crippen LogP contribution in [-0.4, -0.2) is 25.2 Å². The predicted molar refractivity (Wildman–Crippen MR) is 90.1 cm³/mol. The smallest absolute Gasteiger partial charge is 0.336 e. The maximum absolute atomic E-state index is 12.3. The highest BCUT2D eigenvalue weighted by atomic mass is 32.1. The van der Waals surface area contributed by atoms with Gasteiger partial charge in [-0.25, -0.2) is 9.59 Å². The molecule has 0 amide bonds. The number of rotatable bonds is 5. The standard InChI is InChI=1S/C17H21NO4S/c1-5-21-16(19)14-9-15(17(20)22-6-2)12(4)18(11(14)3)13-7-8-23-10-13/h7-8,10H,5-6,9H2,1-4H3. The topological polar surface area (TPSA) is 55.8 Å². The summed E-state index contributed by atoms with van der Waals surface area (Å²) in [6.45, 7) is 7.86. The van der Waals surface area contributed by atoms with Crippen LogP contribution in [-0.2, 0) is 19.1 Å². The minimum absolute atomic E-state index is 0.232. The second-order valence-corrected chi connectivity index (χ2v) is 5.84. The molecule has 0 aromatic carbocycles. The first-order chi connectivity index (χ1) is 11.0. The van der Waals surface area contributed by atoms with Crippen LogP contribution in [0, 0.1) is 0 Å². The van der Waals surface area contributed by atoms with Crippen molar-refractivity contribution in [3.63, 3.8) is 0 Å². The molecule has 1 aliphatic rings. The fraction of sp³-hybridized carbons (Fsp3) is 0.412. The lowest BCUT2D eigenvalue weighted by Crippen LogP contribution is -2.30. The van der Waals surface area contributed by atoms with Gasteiger partial charge in [0.25, 0.3) is 0 Å². The molecule has 5 nitrogen and oxygen atoms in total. The lowest BCUT2D eigenvalue weighted by Gasteiger charge is -2.32. The van der Waals surface area contributed by atoms with Crippen LogP contribution in [0.25, 0.3) is 0 Å². The zero-order chi connectivity index (χ0) is 17.0. The minimum atomic E-state index is -0.389. The zero-order valence-electron chi connectivity index (χ0n) is 13.8. The van der Waals surface area contributed by atoms with Crippen molar-refractivity contribution in [1.29, 1.82) is 0 Å². The maximum atomic E-state index is 12.3. The van der Waals surface area contributed by atoms with Gasteiger partial charge in [-0.1, -0.05) is 0 Å². The number of carbonyl (C=O) groups is 2. The molecule has 0 radical (unpaired) electrons. The van der Waals surface area contributed by atoms with Gasteiger partial charge < -0.3 is 14.4 Å².